The molecular weight excluding hydrogens is 258 g/mol. The lowest BCUT2D eigenvalue weighted by molar-refractivity contribution is -0.0226. The number of nitrogens with two attached hydrogens (primary N) is 1. The smallest absolute Gasteiger partial charge is 0.142 e. The van der Waals surface area contributed by atoms with E-state index >= 15 is 0 Å². The summed E-state index contributed by atoms with van der Waals surface area (Å²) >= 11 is 6.07. The van der Waals surface area contributed by atoms with Crippen molar-refractivity contribution in [1.82, 2.24) is 4.98 Å². The molecule has 0 amide bonds. The van der Waals surface area contributed by atoms with Gasteiger partial charge in [0.25, 0.3) is 0 Å². The van der Waals surface area contributed by atoms with E-state index in [9.17, 15) is 5.11 Å². The Labute approximate surface area is 109 Å². The maximum atomic E-state index is 9.65. The van der Waals surface area contributed by atoms with Crippen molar-refractivity contribution < 1.29 is 14.9 Å². The number of aliphatic hydroxyl groups is 2. The van der Waals surface area contributed by atoms with Gasteiger partial charge in [0.2, 0.25) is 0 Å². The number of pyridine rings is 1. The van der Waals surface area contributed by atoms with Gasteiger partial charge in [-0.25, -0.2) is 4.98 Å². The molecule has 0 unspecified atom stereocenters. The number of aromatic nitrogens is 1. The summed E-state index contributed by atoms with van der Waals surface area (Å²) in [6.45, 7) is -0.275. The number of hydrogen-bond acceptors (Lipinski definition) is 6. The van der Waals surface area contributed by atoms with Gasteiger partial charge >= 0.3 is 0 Å². The summed E-state index contributed by atoms with van der Waals surface area (Å²) in [5.74, 6) is 0.0588. The molecule has 6 nitrogen and oxygen atoms in total. The highest BCUT2D eigenvalue weighted by atomic mass is 35.5. The Morgan fingerprint density at radius 3 is 2.94 bits per heavy atom. The molecule has 0 radical (unpaired) electrons. The zero-order chi connectivity index (χ0) is 13.3. The average Bonchev–Trinajstić information content (AvgIpc) is 2.71. The maximum absolute atomic E-state index is 9.65. The first-order valence-electron chi connectivity index (χ1n) is 5.36. The van der Waals surface area contributed by atoms with Crippen LogP contribution in [0.5, 0.6) is 0 Å². The predicted molar refractivity (Wildman–Crippen MR) is 63.7 cm³/mol. The molecule has 0 aromatic carbocycles. The van der Waals surface area contributed by atoms with E-state index < -0.39 is 18.3 Å². The first kappa shape index (κ1) is 13.1. The summed E-state index contributed by atoms with van der Waals surface area (Å²) in [6, 6.07) is 1.88. The summed E-state index contributed by atoms with van der Waals surface area (Å²) in [5.41, 5.74) is 6.13. The van der Waals surface area contributed by atoms with Crippen LogP contribution in [0.1, 0.15) is 23.7 Å². The minimum absolute atomic E-state index is 0.0588. The lowest BCUT2D eigenvalue weighted by atomic mass is 10.0. The van der Waals surface area contributed by atoms with E-state index in [2.05, 4.69) is 4.98 Å². The molecule has 1 saturated heterocycles. The van der Waals surface area contributed by atoms with Crippen molar-refractivity contribution in [3.05, 3.63) is 22.3 Å². The van der Waals surface area contributed by atoms with Crippen LogP contribution in [0.25, 0.3) is 0 Å². The number of halogens is 1. The summed E-state index contributed by atoms with van der Waals surface area (Å²) in [4.78, 5) is 3.88. The SMILES string of the molecule is N#Cc1c(N)ncc([C@H]2C[C@H](O)[C@@H](CO)O2)c1Cl. The molecule has 96 valence electrons. The summed E-state index contributed by atoms with van der Waals surface area (Å²) in [5, 5.41) is 27.8. The minimum Gasteiger partial charge on any atom is -0.394 e. The molecule has 7 heteroatoms. The highest BCUT2D eigenvalue weighted by Crippen LogP contribution is 2.38. The van der Waals surface area contributed by atoms with Gasteiger partial charge in [0, 0.05) is 18.2 Å². The minimum atomic E-state index is -0.765. The van der Waals surface area contributed by atoms with Crippen LogP contribution in [-0.2, 0) is 4.74 Å². The van der Waals surface area contributed by atoms with E-state index in [0.29, 0.717) is 12.0 Å². The van der Waals surface area contributed by atoms with Crippen LogP contribution in [0.15, 0.2) is 6.20 Å². The molecule has 4 N–H and O–H groups in total. The second-order valence-corrected chi connectivity index (χ2v) is 4.43. The van der Waals surface area contributed by atoms with Crippen molar-refractivity contribution in [3.63, 3.8) is 0 Å². The second kappa shape index (κ2) is 5.08. The monoisotopic (exact) mass is 269 g/mol. The number of hydrogen-bond donors (Lipinski definition) is 3. The van der Waals surface area contributed by atoms with Crippen molar-refractivity contribution in [2.45, 2.75) is 24.7 Å². The van der Waals surface area contributed by atoms with Crippen molar-refractivity contribution >= 4 is 17.4 Å². The van der Waals surface area contributed by atoms with Gasteiger partial charge in [-0.2, -0.15) is 5.26 Å². The number of aliphatic hydroxyl groups excluding tert-OH is 2. The van der Waals surface area contributed by atoms with E-state index in [4.69, 9.17) is 32.4 Å². The lowest BCUT2D eigenvalue weighted by Gasteiger charge is -2.14. The zero-order valence-corrected chi connectivity index (χ0v) is 10.1. The molecule has 1 aliphatic rings. The van der Waals surface area contributed by atoms with Crippen LogP contribution >= 0.6 is 11.6 Å². The van der Waals surface area contributed by atoms with E-state index in [1.807, 2.05) is 6.07 Å². The highest BCUT2D eigenvalue weighted by molar-refractivity contribution is 6.32. The Morgan fingerprint density at radius 1 is 1.67 bits per heavy atom. The molecule has 0 saturated carbocycles. The second-order valence-electron chi connectivity index (χ2n) is 4.05. The molecule has 18 heavy (non-hydrogen) atoms. The molecular formula is C11H12ClN3O3. The molecule has 2 heterocycles. The molecule has 0 bridgehead atoms. The van der Waals surface area contributed by atoms with Gasteiger partial charge in [-0.15, -0.1) is 0 Å². The molecule has 1 fully saturated rings. The summed E-state index contributed by atoms with van der Waals surface area (Å²) < 4.78 is 5.45. The van der Waals surface area contributed by atoms with Crippen LogP contribution in [-0.4, -0.2) is 34.0 Å². The Bertz CT molecular complexity index is 503. The standard InChI is InChI=1S/C11H12ClN3O3/c12-10-5(2-13)11(14)15-3-6(10)8-1-7(17)9(4-16)18-8/h3,7-9,16-17H,1,4H2,(H2,14,15)/t7-,8+,9+/m0/s1. The summed E-state index contributed by atoms with van der Waals surface area (Å²) in [6.07, 6.45) is -0.185. The number of nitrogens with zero attached hydrogens (tertiary/aromatic N) is 2. The zero-order valence-electron chi connectivity index (χ0n) is 9.38. The van der Waals surface area contributed by atoms with Gasteiger partial charge in [-0.05, 0) is 0 Å². The molecule has 2 rings (SSSR count). The Kier molecular flexibility index (Phi) is 3.68. The highest BCUT2D eigenvalue weighted by Gasteiger charge is 2.35. The van der Waals surface area contributed by atoms with Crippen LogP contribution < -0.4 is 5.73 Å². The van der Waals surface area contributed by atoms with Crippen molar-refractivity contribution in [2.75, 3.05) is 12.3 Å². The Morgan fingerprint density at radius 2 is 2.39 bits per heavy atom. The van der Waals surface area contributed by atoms with Crippen LogP contribution in [0.2, 0.25) is 5.02 Å². The normalized spacial score (nSPS) is 27.1. The number of nitrogen functional groups attached to an aromatic ring is 1. The number of anilines is 1. The van der Waals surface area contributed by atoms with Gasteiger partial charge in [-0.3, -0.25) is 0 Å². The predicted octanol–water partition coefficient (Wildman–Crippen LogP) is 0.372. The molecule has 1 aromatic heterocycles. The fraction of sp³-hybridized carbons (Fsp3) is 0.455. The first-order chi connectivity index (χ1) is 8.58. The third kappa shape index (κ3) is 2.13. The van der Waals surface area contributed by atoms with Gasteiger partial charge in [0.05, 0.1) is 23.8 Å². The molecule has 3 atom stereocenters. The van der Waals surface area contributed by atoms with Crippen molar-refractivity contribution in [2.24, 2.45) is 0 Å². The van der Waals surface area contributed by atoms with E-state index in [1.54, 1.807) is 0 Å². The third-order valence-corrected chi connectivity index (χ3v) is 3.34. The van der Waals surface area contributed by atoms with Gasteiger partial charge in [0.1, 0.15) is 23.6 Å². The number of ether oxygens (including phenoxy) is 1. The van der Waals surface area contributed by atoms with E-state index in [1.165, 1.54) is 6.20 Å². The van der Waals surface area contributed by atoms with Crippen LogP contribution in [0.3, 0.4) is 0 Å². The largest absolute Gasteiger partial charge is 0.394 e. The molecule has 0 spiro atoms. The molecule has 1 aliphatic heterocycles. The Hall–Kier alpha value is -1.39. The topological polar surface area (TPSA) is 112 Å². The van der Waals surface area contributed by atoms with Crippen LogP contribution in [0.4, 0.5) is 5.82 Å². The number of rotatable bonds is 2. The van der Waals surface area contributed by atoms with Gasteiger partial charge in [-0.1, -0.05) is 11.6 Å². The molecule has 0 aliphatic carbocycles. The number of nitriles is 1. The van der Waals surface area contributed by atoms with Crippen molar-refractivity contribution in [3.8, 4) is 6.07 Å². The fourth-order valence-corrected chi connectivity index (χ4v) is 2.25. The fourth-order valence-electron chi connectivity index (χ4n) is 1.94. The third-order valence-electron chi connectivity index (χ3n) is 2.93. The Balaban J connectivity index is 2.34. The van der Waals surface area contributed by atoms with Gasteiger partial charge < -0.3 is 20.7 Å². The summed E-state index contributed by atoms with van der Waals surface area (Å²) in [7, 11) is 0. The lowest BCUT2D eigenvalue weighted by Crippen LogP contribution is -2.24. The van der Waals surface area contributed by atoms with Crippen molar-refractivity contribution in [1.29, 1.82) is 5.26 Å². The van der Waals surface area contributed by atoms with E-state index in [0.717, 1.165) is 0 Å². The molecule has 1 aromatic rings. The first-order valence-corrected chi connectivity index (χ1v) is 5.74. The average molecular weight is 270 g/mol. The van der Waals surface area contributed by atoms with Crippen LogP contribution in [0, 0.1) is 11.3 Å². The quantitative estimate of drug-likeness (QED) is 0.715. The van der Waals surface area contributed by atoms with E-state index in [-0.39, 0.29) is 23.0 Å². The maximum Gasteiger partial charge on any atom is 0.142 e. The van der Waals surface area contributed by atoms with Gasteiger partial charge in [0.15, 0.2) is 0 Å².